The molecular formula is C27H48N6O8+2. The van der Waals surface area contributed by atoms with E-state index in [2.05, 4.69) is 32.3 Å². The first-order valence-corrected chi connectivity index (χ1v) is 14.3. The second-order valence-corrected chi connectivity index (χ2v) is 10.0. The van der Waals surface area contributed by atoms with Crippen LogP contribution in [0.2, 0.25) is 0 Å². The molecule has 232 valence electrons. The number of hydrogen-bond donors (Lipinski definition) is 9. The standard InChI is InChI=1S/C27H46N6O8/c28-9-5-12-29-10-1-3-14-31-23(36)18-27(41,26(39)40)19-24(37)32-15-4-2-11-30-13-6-16-33-25(38)20-7-8-21(34)22(35)17-20/h7-8,17,29-30,34-35,41H,1-6,9-16,18-19,28H2,(H,31,36)(H,32,37)(H,33,38)(H,39,40)/p+2. The smallest absolute Gasteiger partial charge is 0.251 e. The van der Waals surface area contributed by atoms with E-state index < -0.39 is 36.2 Å². The van der Waals surface area contributed by atoms with Crippen LogP contribution in [0.4, 0.5) is 0 Å². The first-order chi connectivity index (χ1) is 19.6. The quantitative estimate of drug-likeness (QED) is 0.0444. The van der Waals surface area contributed by atoms with Crippen molar-refractivity contribution in [1.29, 1.82) is 0 Å². The fraction of sp³-hybridized carbons (Fsp3) is 0.630. The van der Waals surface area contributed by atoms with Gasteiger partial charge in [-0.05, 0) is 43.9 Å². The van der Waals surface area contributed by atoms with Gasteiger partial charge in [-0.25, -0.2) is 0 Å². The van der Waals surface area contributed by atoms with Crippen molar-refractivity contribution in [3.8, 4) is 11.5 Å². The van der Waals surface area contributed by atoms with E-state index in [0.717, 1.165) is 64.8 Å². The van der Waals surface area contributed by atoms with Gasteiger partial charge in [0.25, 0.3) is 5.91 Å². The number of phenols is 2. The molecule has 1 aromatic rings. The highest BCUT2D eigenvalue weighted by atomic mass is 16.4. The molecule has 0 heterocycles. The molecule has 1 unspecified atom stereocenters. The van der Waals surface area contributed by atoms with Gasteiger partial charge in [-0.15, -0.1) is 0 Å². The lowest BCUT2D eigenvalue weighted by Crippen LogP contribution is -2.84. The van der Waals surface area contributed by atoms with E-state index in [4.69, 9.17) is 0 Å². The first kappa shape index (κ1) is 35.6. The third-order valence-corrected chi connectivity index (χ3v) is 6.37. The minimum atomic E-state index is -2.58. The molecule has 0 aliphatic carbocycles. The third kappa shape index (κ3) is 15.8. The second kappa shape index (κ2) is 20.4. The lowest BCUT2D eigenvalue weighted by Gasteiger charge is -2.28. The Kier molecular flexibility index (Phi) is 17.7. The molecule has 0 saturated carbocycles. The minimum Gasteiger partial charge on any atom is -0.547 e. The van der Waals surface area contributed by atoms with E-state index in [1.165, 1.54) is 18.2 Å². The molecule has 41 heavy (non-hydrogen) atoms. The second-order valence-electron chi connectivity index (χ2n) is 10.0. The van der Waals surface area contributed by atoms with Gasteiger partial charge in [0.05, 0.1) is 51.5 Å². The van der Waals surface area contributed by atoms with Crippen molar-refractivity contribution in [2.75, 3.05) is 52.4 Å². The van der Waals surface area contributed by atoms with Crippen LogP contribution < -0.4 is 37.4 Å². The van der Waals surface area contributed by atoms with Crippen molar-refractivity contribution in [2.45, 2.75) is 57.0 Å². The molecule has 0 fully saturated rings. The maximum Gasteiger partial charge on any atom is 0.251 e. The Morgan fingerprint density at radius 3 is 1.78 bits per heavy atom. The van der Waals surface area contributed by atoms with Crippen molar-refractivity contribution in [3.63, 3.8) is 0 Å². The SMILES string of the molecule is [NH3+]CCC[NH2+]CCCCNC(=O)CC(O)(CC(=O)NCCCC[NH2+]CCCNC(=O)c1ccc(O)c(O)c1)C(=O)[O-]. The first-order valence-electron chi connectivity index (χ1n) is 14.3. The van der Waals surface area contributed by atoms with Crippen molar-refractivity contribution in [1.82, 2.24) is 16.0 Å². The highest BCUT2D eigenvalue weighted by molar-refractivity contribution is 5.94. The average Bonchev–Trinajstić information content (AvgIpc) is 2.92. The Labute approximate surface area is 240 Å². The number of benzene rings is 1. The largest absolute Gasteiger partial charge is 0.547 e. The highest BCUT2D eigenvalue weighted by Crippen LogP contribution is 2.24. The summed E-state index contributed by atoms with van der Waals surface area (Å²) in [6.07, 6.45) is 3.26. The van der Waals surface area contributed by atoms with Gasteiger partial charge in [-0.3, -0.25) is 14.4 Å². The van der Waals surface area contributed by atoms with Crippen molar-refractivity contribution < 1.29 is 56.0 Å². The molecule has 0 bridgehead atoms. The molecule has 1 rings (SSSR count). The summed E-state index contributed by atoms with van der Waals surface area (Å²) in [6.45, 7) is 5.48. The Bertz CT molecular complexity index is 964. The predicted molar refractivity (Wildman–Crippen MR) is 146 cm³/mol. The number of unbranched alkanes of at least 4 members (excludes halogenated alkanes) is 2. The number of aliphatic hydroxyl groups is 1. The molecule has 14 heteroatoms. The summed E-state index contributed by atoms with van der Waals surface area (Å²) < 4.78 is 0. The molecule has 1 aromatic carbocycles. The van der Waals surface area contributed by atoms with E-state index in [9.17, 15) is 39.6 Å². The summed E-state index contributed by atoms with van der Waals surface area (Å²) in [4.78, 5) is 47.8. The van der Waals surface area contributed by atoms with E-state index in [1.54, 1.807) is 0 Å². The Hall–Kier alpha value is -3.46. The maximum atomic E-state index is 12.2. The van der Waals surface area contributed by atoms with E-state index in [-0.39, 0.29) is 23.0 Å². The van der Waals surface area contributed by atoms with Crippen LogP contribution in [0, 0.1) is 0 Å². The normalized spacial score (nSPS) is 12.3. The number of aromatic hydroxyl groups is 2. The van der Waals surface area contributed by atoms with Crippen LogP contribution in [0.25, 0.3) is 0 Å². The molecular weight excluding hydrogens is 536 g/mol. The van der Waals surface area contributed by atoms with Crippen LogP contribution in [-0.2, 0) is 14.4 Å². The fourth-order valence-electron chi connectivity index (χ4n) is 3.94. The molecule has 3 amide bonds. The van der Waals surface area contributed by atoms with Gasteiger partial charge >= 0.3 is 0 Å². The molecule has 13 N–H and O–H groups in total. The predicted octanol–water partition coefficient (Wildman–Crippen LogP) is -4.97. The number of nitrogens with two attached hydrogens (primary N) is 2. The highest BCUT2D eigenvalue weighted by Gasteiger charge is 2.34. The monoisotopic (exact) mass is 584 g/mol. The van der Waals surface area contributed by atoms with Gasteiger partial charge < -0.3 is 57.5 Å². The fourth-order valence-corrected chi connectivity index (χ4v) is 3.94. The third-order valence-electron chi connectivity index (χ3n) is 6.37. The maximum absolute atomic E-state index is 12.2. The summed E-state index contributed by atoms with van der Waals surface area (Å²) in [5, 5.41) is 52.7. The lowest BCUT2D eigenvalue weighted by molar-refractivity contribution is -0.657. The van der Waals surface area contributed by atoms with Crippen LogP contribution in [0.5, 0.6) is 11.5 Å². The molecule has 0 saturated heterocycles. The number of nitrogens with one attached hydrogen (secondary N) is 3. The average molecular weight is 585 g/mol. The number of aliphatic carboxylic acids is 1. The number of carboxylic acid groups (broad SMARTS) is 1. The summed E-state index contributed by atoms with van der Waals surface area (Å²) >= 11 is 0. The molecule has 0 aliphatic heterocycles. The zero-order chi connectivity index (χ0) is 30.5. The number of amides is 3. The molecule has 0 aromatic heterocycles. The minimum absolute atomic E-state index is 0.254. The Morgan fingerprint density at radius 1 is 0.756 bits per heavy atom. The van der Waals surface area contributed by atoms with Gasteiger partial charge in [0.15, 0.2) is 11.5 Å². The van der Waals surface area contributed by atoms with Crippen molar-refractivity contribution >= 4 is 23.7 Å². The molecule has 0 radical (unpaired) electrons. The van der Waals surface area contributed by atoms with Crippen LogP contribution in [0.3, 0.4) is 0 Å². The summed E-state index contributed by atoms with van der Waals surface area (Å²) in [5.74, 6) is -4.19. The van der Waals surface area contributed by atoms with Gasteiger partial charge in [0.2, 0.25) is 11.8 Å². The van der Waals surface area contributed by atoms with E-state index in [1.807, 2.05) is 0 Å². The number of rotatable bonds is 23. The van der Waals surface area contributed by atoms with Gasteiger partial charge in [-0.1, -0.05) is 0 Å². The lowest BCUT2D eigenvalue weighted by atomic mass is 9.94. The number of phenolic OH excluding ortho intramolecular Hbond substituents is 2. The van der Waals surface area contributed by atoms with Crippen LogP contribution in [0.1, 0.15) is 61.7 Å². The van der Waals surface area contributed by atoms with Crippen molar-refractivity contribution in [3.05, 3.63) is 23.8 Å². The van der Waals surface area contributed by atoms with Crippen molar-refractivity contribution in [2.24, 2.45) is 0 Å². The number of carboxylic acids is 1. The number of carbonyl (C=O) groups is 4. The van der Waals surface area contributed by atoms with Gasteiger partial charge in [0.1, 0.15) is 5.60 Å². The van der Waals surface area contributed by atoms with Gasteiger partial charge in [-0.2, -0.15) is 0 Å². The molecule has 0 aliphatic rings. The molecule has 1 atom stereocenters. The Balaban J connectivity index is 2.13. The summed E-state index contributed by atoms with van der Waals surface area (Å²) in [6, 6.07) is 3.86. The van der Waals surface area contributed by atoms with Crippen LogP contribution in [-0.4, -0.2) is 97.0 Å². The van der Waals surface area contributed by atoms with E-state index in [0.29, 0.717) is 26.1 Å². The number of carbonyl (C=O) groups excluding carboxylic acids is 4. The van der Waals surface area contributed by atoms with Gasteiger partial charge in [0, 0.05) is 38.0 Å². The number of hydrogen-bond acceptors (Lipinski definition) is 8. The topological polar surface area (TPSA) is 249 Å². The number of quaternary nitrogens is 3. The molecule has 14 nitrogen and oxygen atoms in total. The van der Waals surface area contributed by atoms with Crippen LogP contribution in [0.15, 0.2) is 18.2 Å². The van der Waals surface area contributed by atoms with E-state index >= 15 is 0 Å². The van der Waals surface area contributed by atoms with Crippen LogP contribution >= 0.6 is 0 Å². The summed E-state index contributed by atoms with van der Waals surface area (Å²) in [7, 11) is 0. The Morgan fingerprint density at radius 2 is 1.27 bits per heavy atom. The zero-order valence-corrected chi connectivity index (χ0v) is 23.8. The molecule has 0 spiro atoms. The summed E-state index contributed by atoms with van der Waals surface area (Å²) in [5.41, 5.74) is 1.45. The zero-order valence-electron chi connectivity index (χ0n) is 23.8.